The second-order valence-electron chi connectivity index (χ2n) is 4.13. The van der Waals surface area contributed by atoms with Crippen LogP contribution in [0.1, 0.15) is 38.5 Å². The summed E-state index contributed by atoms with van der Waals surface area (Å²) in [6, 6.07) is 0.545. The molecule has 0 spiro atoms. The molecule has 0 saturated heterocycles. The van der Waals surface area contributed by atoms with Gasteiger partial charge in [-0.1, -0.05) is 19.3 Å². The Morgan fingerprint density at radius 1 is 0.909 bits per heavy atom. The summed E-state index contributed by atoms with van der Waals surface area (Å²) < 4.78 is 0. The van der Waals surface area contributed by atoms with Gasteiger partial charge in [-0.05, 0) is 31.1 Å². The zero-order valence-electron chi connectivity index (χ0n) is 6.96. The Kier molecular flexibility index (Phi) is 3.20. The summed E-state index contributed by atoms with van der Waals surface area (Å²) in [4.78, 5) is 0. The lowest BCUT2D eigenvalue weighted by molar-refractivity contribution is 0.171. The highest BCUT2D eigenvalue weighted by molar-refractivity contribution is 5.85. The van der Waals surface area contributed by atoms with E-state index >= 15 is 0 Å². The smallest absolute Gasteiger partial charge is 0.00441 e. The molecule has 1 nitrogen and oxygen atoms in total. The maximum atomic E-state index is 5.93. The minimum absolute atomic E-state index is 0. The minimum Gasteiger partial charge on any atom is -0.328 e. The Bertz CT molecular complexity index is 111. The van der Waals surface area contributed by atoms with E-state index in [0.29, 0.717) is 6.04 Å². The number of rotatable bonds is 0. The Labute approximate surface area is 75.1 Å². The van der Waals surface area contributed by atoms with Crippen molar-refractivity contribution in [2.45, 2.75) is 44.6 Å². The van der Waals surface area contributed by atoms with Crippen molar-refractivity contribution in [2.24, 2.45) is 17.6 Å². The van der Waals surface area contributed by atoms with E-state index in [1.807, 2.05) is 0 Å². The van der Waals surface area contributed by atoms with Gasteiger partial charge >= 0.3 is 0 Å². The van der Waals surface area contributed by atoms with E-state index < -0.39 is 0 Å². The lowest BCUT2D eigenvalue weighted by Crippen LogP contribution is -2.35. The van der Waals surface area contributed by atoms with Gasteiger partial charge in [-0.2, -0.15) is 0 Å². The maximum Gasteiger partial charge on any atom is 0.00441 e. The second-order valence-corrected chi connectivity index (χ2v) is 4.13. The van der Waals surface area contributed by atoms with Crippen LogP contribution < -0.4 is 5.73 Å². The number of hydrogen-bond acceptors (Lipinski definition) is 1. The van der Waals surface area contributed by atoms with E-state index in [1.54, 1.807) is 0 Å². The van der Waals surface area contributed by atoms with Crippen LogP contribution in [0.3, 0.4) is 0 Å². The van der Waals surface area contributed by atoms with Gasteiger partial charge in [0, 0.05) is 6.04 Å². The molecular formula is C9H18ClN. The molecule has 66 valence electrons. The van der Waals surface area contributed by atoms with Crippen LogP contribution in [0.4, 0.5) is 0 Å². The molecule has 0 heterocycles. The molecule has 2 aliphatic carbocycles. The fraction of sp³-hybridized carbons (Fsp3) is 1.00. The molecule has 2 N–H and O–H groups in total. The van der Waals surface area contributed by atoms with E-state index in [-0.39, 0.29) is 12.4 Å². The van der Waals surface area contributed by atoms with Crippen LogP contribution >= 0.6 is 12.4 Å². The molecule has 2 aliphatic rings. The van der Waals surface area contributed by atoms with E-state index in [4.69, 9.17) is 5.73 Å². The first-order valence-electron chi connectivity index (χ1n) is 4.60. The van der Waals surface area contributed by atoms with Crippen molar-refractivity contribution >= 4 is 12.4 Å². The maximum absolute atomic E-state index is 5.93. The number of hydrogen-bond donors (Lipinski definition) is 1. The lowest BCUT2D eigenvalue weighted by atomic mass is 9.71. The average Bonchev–Trinajstić information content (AvgIpc) is 1.85. The van der Waals surface area contributed by atoms with Crippen LogP contribution in [0.25, 0.3) is 0 Å². The van der Waals surface area contributed by atoms with Gasteiger partial charge in [0.1, 0.15) is 0 Å². The summed E-state index contributed by atoms with van der Waals surface area (Å²) in [5.74, 6) is 2.00. The molecule has 2 heteroatoms. The third kappa shape index (κ3) is 2.09. The summed E-state index contributed by atoms with van der Waals surface area (Å²) in [7, 11) is 0. The summed E-state index contributed by atoms with van der Waals surface area (Å²) >= 11 is 0. The van der Waals surface area contributed by atoms with Crippen LogP contribution in [-0.4, -0.2) is 6.04 Å². The highest BCUT2D eigenvalue weighted by Crippen LogP contribution is 2.38. The van der Waals surface area contributed by atoms with Gasteiger partial charge in [0.05, 0.1) is 0 Å². The minimum atomic E-state index is 0. The molecule has 0 aromatic rings. The molecule has 0 amide bonds. The molecule has 0 aromatic heterocycles. The van der Waals surface area contributed by atoms with Crippen molar-refractivity contribution in [2.75, 3.05) is 0 Å². The van der Waals surface area contributed by atoms with Gasteiger partial charge in [0.15, 0.2) is 0 Å². The van der Waals surface area contributed by atoms with E-state index in [2.05, 4.69) is 0 Å². The Morgan fingerprint density at radius 2 is 1.45 bits per heavy atom. The molecule has 2 fully saturated rings. The summed E-state index contributed by atoms with van der Waals surface area (Å²) in [6.45, 7) is 0. The first-order valence-corrected chi connectivity index (χ1v) is 4.60. The predicted octanol–water partition coefficient (Wildman–Crippen LogP) is 2.34. The van der Waals surface area contributed by atoms with Gasteiger partial charge in [0.25, 0.3) is 0 Å². The van der Waals surface area contributed by atoms with E-state index in [0.717, 1.165) is 11.8 Å². The lowest BCUT2D eigenvalue weighted by Gasteiger charge is -2.37. The monoisotopic (exact) mass is 175 g/mol. The third-order valence-corrected chi connectivity index (χ3v) is 3.16. The fourth-order valence-corrected chi connectivity index (χ4v) is 2.78. The molecule has 1 unspecified atom stereocenters. The molecule has 11 heavy (non-hydrogen) atoms. The van der Waals surface area contributed by atoms with Gasteiger partial charge in [-0.3, -0.25) is 0 Å². The van der Waals surface area contributed by atoms with E-state index in [1.165, 1.54) is 38.5 Å². The predicted molar refractivity (Wildman–Crippen MR) is 49.9 cm³/mol. The first-order chi connectivity index (χ1) is 4.84. The van der Waals surface area contributed by atoms with Crippen molar-refractivity contribution in [3.63, 3.8) is 0 Å². The Hall–Kier alpha value is 0.250. The van der Waals surface area contributed by atoms with Crippen molar-refractivity contribution in [3.05, 3.63) is 0 Å². The molecule has 2 bridgehead atoms. The van der Waals surface area contributed by atoms with Crippen LogP contribution in [0.5, 0.6) is 0 Å². The molecule has 0 aliphatic heterocycles. The average molecular weight is 176 g/mol. The number of fused-ring (bicyclic) bond motifs is 2. The highest BCUT2D eigenvalue weighted by atomic mass is 35.5. The standard InChI is InChI=1S/C9H17N.ClH/c10-9-5-7-2-1-3-8(4-7)6-9;/h7-9H,1-6,10H2;1H/t7-,8+,9?;. The zero-order valence-corrected chi connectivity index (χ0v) is 7.78. The van der Waals surface area contributed by atoms with Gasteiger partial charge in [0.2, 0.25) is 0 Å². The van der Waals surface area contributed by atoms with Crippen molar-refractivity contribution in [1.82, 2.24) is 0 Å². The summed E-state index contributed by atoms with van der Waals surface area (Å²) in [5, 5.41) is 0. The SMILES string of the molecule is Cl.NC1C[C@H]2CCC[C@@H](C1)C2. The quantitative estimate of drug-likeness (QED) is 0.601. The molecule has 0 radical (unpaired) electrons. The van der Waals surface area contributed by atoms with Crippen molar-refractivity contribution < 1.29 is 0 Å². The second kappa shape index (κ2) is 3.77. The molecule has 3 atom stereocenters. The number of halogens is 1. The van der Waals surface area contributed by atoms with Gasteiger partial charge in [-0.15, -0.1) is 12.4 Å². The van der Waals surface area contributed by atoms with E-state index in [9.17, 15) is 0 Å². The van der Waals surface area contributed by atoms with Crippen LogP contribution in [-0.2, 0) is 0 Å². The van der Waals surface area contributed by atoms with Crippen molar-refractivity contribution in [1.29, 1.82) is 0 Å². The third-order valence-electron chi connectivity index (χ3n) is 3.16. The van der Waals surface area contributed by atoms with Crippen LogP contribution in [0.15, 0.2) is 0 Å². The van der Waals surface area contributed by atoms with Crippen LogP contribution in [0.2, 0.25) is 0 Å². The van der Waals surface area contributed by atoms with Crippen molar-refractivity contribution in [3.8, 4) is 0 Å². The molecule has 0 aromatic carbocycles. The molecule has 2 rings (SSSR count). The van der Waals surface area contributed by atoms with Gasteiger partial charge in [-0.25, -0.2) is 0 Å². The largest absolute Gasteiger partial charge is 0.328 e. The summed E-state index contributed by atoms with van der Waals surface area (Å²) in [6.07, 6.45) is 8.52. The summed E-state index contributed by atoms with van der Waals surface area (Å²) in [5.41, 5.74) is 5.93. The molecule has 2 saturated carbocycles. The fourth-order valence-electron chi connectivity index (χ4n) is 2.78. The topological polar surface area (TPSA) is 26.0 Å². The van der Waals surface area contributed by atoms with Gasteiger partial charge < -0.3 is 5.73 Å². The number of nitrogens with two attached hydrogens (primary N) is 1. The Balaban J connectivity index is 0.000000605. The van der Waals surface area contributed by atoms with Crippen LogP contribution in [0, 0.1) is 11.8 Å². The zero-order chi connectivity index (χ0) is 6.97. The Morgan fingerprint density at radius 3 is 2.00 bits per heavy atom. The highest BCUT2D eigenvalue weighted by Gasteiger charge is 2.29. The first kappa shape index (κ1) is 9.34. The normalized spacial score (nSPS) is 42.8. The molecular weight excluding hydrogens is 158 g/mol.